The number of nitrogen functional groups attached to an aromatic ring is 1. The van der Waals surface area contributed by atoms with E-state index in [0.717, 1.165) is 32.9 Å². The molecule has 1 unspecified atom stereocenters. The summed E-state index contributed by atoms with van der Waals surface area (Å²) in [6.07, 6.45) is 3.82. The maximum atomic E-state index is 6.72. The predicted molar refractivity (Wildman–Crippen MR) is 92.3 cm³/mol. The molecule has 4 rings (SSSR count). The minimum absolute atomic E-state index is 0.732. The van der Waals surface area contributed by atoms with E-state index in [0.29, 0.717) is 0 Å². The van der Waals surface area contributed by atoms with Gasteiger partial charge in [0.15, 0.2) is 0 Å². The van der Waals surface area contributed by atoms with Gasteiger partial charge in [-0.05, 0) is 43.0 Å². The van der Waals surface area contributed by atoms with Gasteiger partial charge in [0.1, 0.15) is 5.66 Å². The van der Waals surface area contributed by atoms with E-state index >= 15 is 0 Å². The first kappa shape index (κ1) is 13.3. The summed E-state index contributed by atoms with van der Waals surface area (Å²) < 4.78 is 1.17. The monoisotopic (exact) mass is 308 g/mol. The lowest BCUT2D eigenvalue weighted by Crippen LogP contribution is -2.50. The van der Waals surface area contributed by atoms with E-state index in [9.17, 15) is 0 Å². The topological polar surface area (TPSA) is 77.0 Å². The van der Waals surface area contributed by atoms with Gasteiger partial charge in [-0.1, -0.05) is 18.2 Å². The van der Waals surface area contributed by atoms with Crippen LogP contribution in [0.5, 0.6) is 0 Å². The zero-order valence-corrected chi connectivity index (χ0v) is 12.9. The van der Waals surface area contributed by atoms with Gasteiger partial charge in [-0.25, -0.2) is 4.98 Å². The van der Waals surface area contributed by atoms with E-state index in [-0.39, 0.29) is 0 Å². The van der Waals surface area contributed by atoms with E-state index in [1.807, 2.05) is 37.4 Å². The second-order valence-corrected chi connectivity index (χ2v) is 6.74. The fourth-order valence-electron chi connectivity index (χ4n) is 2.97. The highest BCUT2D eigenvalue weighted by Gasteiger charge is 2.33. The normalized spacial score (nSPS) is 19.9. The first-order valence-electron chi connectivity index (χ1n) is 7.08. The van der Waals surface area contributed by atoms with Gasteiger partial charge < -0.3 is 16.8 Å². The molecule has 1 aliphatic heterocycles. The molecule has 2 aromatic carbocycles. The molecule has 2 heterocycles. The highest BCUT2D eigenvalue weighted by molar-refractivity contribution is 7.18. The third kappa shape index (κ3) is 1.83. The van der Waals surface area contributed by atoms with E-state index in [2.05, 4.69) is 28.5 Å². The van der Waals surface area contributed by atoms with Crippen molar-refractivity contribution in [2.24, 2.45) is 5.73 Å². The Bertz CT molecular complexity index is 912. The summed E-state index contributed by atoms with van der Waals surface area (Å²) in [4.78, 5) is 4.57. The molecule has 110 valence electrons. The lowest BCUT2D eigenvalue weighted by atomic mass is 9.86. The molecule has 22 heavy (non-hydrogen) atoms. The lowest BCUT2D eigenvalue weighted by Gasteiger charge is -2.35. The van der Waals surface area contributed by atoms with E-state index < -0.39 is 5.66 Å². The van der Waals surface area contributed by atoms with Gasteiger partial charge in [-0.15, -0.1) is 11.3 Å². The lowest BCUT2D eigenvalue weighted by molar-refractivity contribution is 0.475. The highest BCUT2D eigenvalue weighted by Crippen LogP contribution is 2.35. The molecule has 1 aliphatic rings. The summed E-state index contributed by atoms with van der Waals surface area (Å²) in [5.41, 5.74) is 16.6. The molecule has 0 aliphatic carbocycles. The Hall–Kier alpha value is -2.37. The standard InChI is InChI=1S/C17H16N4S/c1-10-21-15-9-11(5-6-16(15)22-10)17(19)13-3-2-4-14(18)12(13)7-8-20-17/h2-9,20H,18-19H2,1H3. The number of rotatable bonds is 1. The number of nitrogens with zero attached hydrogens (tertiary/aromatic N) is 1. The van der Waals surface area contributed by atoms with Gasteiger partial charge in [0.05, 0.1) is 15.2 Å². The molecule has 0 saturated carbocycles. The van der Waals surface area contributed by atoms with Crippen LogP contribution in [0.3, 0.4) is 0 Å². The van der Waals surface area contributed by atoms with Crippen LogP contribution < -0.4 is 16.8 Å². The van der Waals surface area contributed by atoms with Crippen LogP contribution in [-0.2, 0) is 5.66 Å². The van der Waals surface area contributed by atoms with Crippen LogP contribution in [0.4, 0.5) is 5.69 Å². The van der Waals surface area contributed by atoms with Crippen LogP contribution in [0.15, 0.2) is 42.6 Å². The number of aryl methyl sites for hydroxylation is 1. The smallest absolute Gasteiger partial charge is 0.139 e. The molecule has 0 radical (unpaired) electrons. The Kier molecular flexibility index (Phi) is 2.76. The molecule has 0 spiro atoms. The number of hydrogen-bond donors (Lipinski definition) is 3. The van der Waals surface area contributed by atoms with Crippen LogP contribution in [0.1, 0.15) is 21.7 Å². The molecule has 1 aromatic heterocycles. The molecular formula is C17H16N4S. The van der Waals surface area contributed by atoms with Gasteiger partial charge in [0.25, 0.3) is 0 Å². The van der Waals surface area contributed by atoms with Gasteiger partial charge >= 0.3 is 0 Å². The minimum Gasteiger partial charge on any atom is -0.398 e. The Balaban J connectivity index is 1.93. The Morgan fingerprint density at radius 1 is 1.23 bits per heavy atom. The number of thiazole rings is 1. The fourth-order valence-corrected chi connectivity index (χ4v) is 3.78. The Morgan fingerprint density at radius 3 is 2.95 bits per heavy atom. The Morgan fingerprint density at radius 2 is 2.09 bits per heavy atom. The maximum absolute atomic E-state index is 6.72. The average molecular weight is 308 g/mol. The van der Waals surface area contributed by atoms with Crippen molar-refractivity contribution in [2.45, 2.75) is 12.6 Å². The van der Waals surface area contributed by atoms with Gasteiger partial charge in [0.2, 0.25) is 0 Å². The van der Waals surface area contributed by atoms with Crippen LogP contribution in [0.2, 0.25) is 0 Å². The molecule has 1 atom stereocenters. The SMILES string of the molecule is Cc1nc2cc(C3(N)NC=Cc4c(N)cccc43)ccc2s1. The third-order valence-corrected chi connectivity index (χ3v) is 5.03. The van der Waals surface area contributed by atoms with Gasteiger partial charge in [-0.2, -0.15) is 0 Å². The molecule has 0 amide bonds. The molecule has 0 fully saturated rings. The fraction of sp³-hybridized carbons (Fsp3) is 0.118. The molecule has 3 aromatic rings. The molecular weight excluding hydrogens is 292 g/mol. The van der Waals surface area contributed by atoms with E-state index in [1.54, 1.807) is 11.3 Å². The third-order valence-electron chi connectivity index (χ3n) is 4.08. The zero-order valence-electron chi connectivity index (χ0n) is 12.1. The second kappa shape index (κ2) is 4.56. The first-order chi connectivity index (χ1) is 10.6. The quantitative estimate of drug-likeness (QED) is 0.604. The van der Waals surface area contributed by atoms with Crippen molar-refractivity contribution in [3.8, 4) is 0 Å². The number of nitrogens with one attached hydrogen (secondary N) is 1. The van der Waals surface area contributed by atoms with Crippen molar-refractivity contribution < 1.29 is 0 Å². The number of fused-ring (bicyclic) bond motifs is 2. The summed E-state index contributed by atoms with van der Waals surface area (Å²) in [5.74, 6) is 0. The summed E-state index contributed by atoms with van der Waals surface area (Å²) >= 11 is 1.69. The summed E-state index contributed by atoms with van der Waals surface area (Å²) in [6.45, 7) is 2.01. The van der Waals surface area contributed by atoms with Crippen LogP contribution in [-0.4, -0.2) is 4.98 Å². The first-order valence-corrected chi connectivity index (χ1v) is 7.89. The van der Waals surface area contributed by atoms with Crippen LogP contribution in [0.25, 0.3) is 16.3 Å². The van der Waals surface area contributed by atoms with Crippen molar-refractivity contribution in [2.75, 3.05) is 5.73 Å². The van der Waals surface area contributed by atoms with Crippen molar-refractivity contribution in [1.82, 2.24) is 10.3 Å². The number of anilines is 1. The predicted octanol–water partition coefficient (Wildman–Crippen LogP) is 2.92. The van der Waals surface area contributed by atoms with Gasteiger partial charge in [0, 0.05) is 16.8 Å². The molecule has 5 N–H and O–H groups in total. The number of benzene rings is 2. The number of nitrogens with two attached hydrogens (primary N) is 2. The van der Waals surface area contributed by atoms with Crippen LogP contribution in [0, 0.1) is 6.92 Å². The number of hydrogen-bond acceptors (Lipinski definition) is 5. The maximum Gasteiger partial charge on any atom is 0.139 e. The van der Waals surface area contributed by atoms with Crippen molar-refractivity contribution in [3.63, 3.8) is 0 Å². The van der Waals surface area contributed by atoms with Crippen molar-refractivity contribution in [1.29, 1.82) is 0 Å². The Labute approximate surface area is 132 Å². The van der Waals surface area contributed by atoms with Crippen molar-refractivity contribution >= 4 is 33.3 Å². The van der Waals surface area contributed by atoms with E-state index in [4.69, 9.17) is 11.5 Å². The summed E-state index contributed by atoms with van der Waals surface area (Å²) in [5, 5.41) is 4.34. The largest absolute Gasteiger partial charge is 0.398 e. The minimum atomic E-state index is -0.800. The van der Waals surface area contributed by atoms with Gasteiger partial charge in [-0.3, -0.25) is 0 Å². The molecule has 4 nitrogen and oxygen atoms in total. The average Bonchev–Trinajstić information content (AvgIpc) is 2.87. The van der Waals surface area contributed by atoms with Crippen molar-refractivity contribution in [3.05, 3.63) is 64.3 Å². The second-order valence-electron chi connectivity index (χ2n) is 5.51. The molecule has 0 bridgehead atoms. The summed E-state index contributed by atoms with van der Waals surface area (Å²) in [6, 6.07) is 12.0. The zero-order chi connectivity index (χ0) is 15.3. The summed E-state index contributed by atoms with van der Waals surface area (Å²) in [7, 11) is 0. The molecule has 5 heteroatoms. The molecule has 0 saturated heterocycles. The number of aromatic nitrogens is 1. The van der Waals surface area contributed by atoms with Crippen LogP contribution >= 0.6 is 11.3 Å². The highest BCUT2D eigenvalue weighted by atomic mass is 32.1. The van der Waals surface area contributed by atoms with E-state index in [1.165, 1.54) is 4.70 Å².